The Morgan fingerprint density at radius 2 is 2.10 bits per heavy atom. The van der Waals surface area contributed by atoms with E-state index in [0.717, 1.165) is 25.7 Å². The van der Waals surface area contributed by atoms with Crippen LogP contribution in [0.15, 0.2) is 18.2 Å². The third kappa shape index (κ3) is 3.34. The topological polar surface area (TPSA) is 78.9 Å². The number of benzene rings is 1. The molecule has 106 valence electrons. The van der Waals surface area contributed by atoms with Gasteiger partial charge in [0.1, 0.15) is 11.9 Å². The molecule has 5 heteroatoms. The molecule has 1 aromatic carbocycles. The minimum atomic E-state index is -0.575. The molecule has 0 unspecified atom stereocenters. The van der Waals surface area contributed by atoms with E-state index in [-0.39, 0.29) is 17.4 Å². The van der Waals surface area contributed by atoms with Crippen LogP contribution in [0.5, 0.6) is 0 Å². The number of nitriles is 1. The molecular weight excluding hydrogens is 257 g/mol. The van der Waals surface area contributed by atoms with Gasteiger partial charge < -0.3 is 11.1 Å². The largest absolute Gasteiger partial charge is 0.330 e. The summed E-state index contributed by atoms with van der Waals surface area (Å²) in [5, 5.41) is 11.5. The van der Waals surface area contributed by atoms with Crippen LogP contribution in [0, 0.1) is 29.0 Å². The Morgan fingerprint density at radius 1 is 1.40 bits per heavy atom. The van der Waals surface area contributed by atoms with Gasteiger partial charge in [0, 0.05) is 11.6 Å². The molecule has 1 aromatic rings. The number of nitrogens with two attached hydrogens (primary N) is 1. The number of halogens is 1. The van der Waals surface area contributed by atoms with Crippen molar-refractivity contribution in [3.05, 3.63) is 29.6 Å². The van der Waals surface area contributed by atoms with Crippen molar-refractivity contribution >= 4 is 11.6 Å². The number of carbonyl (C=O) groups excluding carboxylic acids is 1. The molecule has 0 heterocycles. The van der Waals surface area contributed by atoms with Gasteiger partial charge >= 0.3 is 0 Å². The summed E-state index contributed by atoms with van der Waals surface area (Å²) >= 11 is 0. The number of carbonyl (C=O) groups is 1. The summed E-state index contributed by atoms with van der Waals surface area (Å²) in [6.07, 6.45) is 3.61. The van der Waals surface area contributed by atoms with Crippen molar-refractivity contribution < 1.29 is 9.18 Å². The molecule has 0 aliphatic heterocycles. The molecule has 1 amide bonds. The number of hydrogen-bond donors (Lipinski definition) is 2. The SMILES string of the molecule is N#Cc1cc(NC(=O)C2CCC(CN)CC2)ccc1F. The Hall–Kier alpha value is -1.93. The Bertz CT molecular complexity index is 530. The van der Waals surface area contributed by atoms with Crippen LogP contribution >= 0.6 is 0 Å². The lowest BCUT2D eigenvalue weighted by Gasteiger charge is -2.26. The van der Waals surface area contributed by atoms with Gasteiger partial charge in [-0.3, -0.25) is 4.79 Å². The fraction of sp³-hybridized carbons (Fsp3) is 0.467. The minimum Gasteiger partial charge on any atom is -0.330 e. The lowest BCUT2D eigenvalue weighted by Crippen LogP contribution is -2.29. The molecule has 0 atom stereocenters. The quantitative estimate of drug-likeness (QED) is 0.889. The van der Waals surface area contributed by atoms with Crippen molar-refractivity contribution in [1.29, 1.82) is 5.26 Å². The van der Waals surface area contributed by atoms with E-state index in [0.29, 0.717) is 18.2 Å². The lowest BCUT2D eigenvalue weighted by atomic mass is 9.81. The summed E-state index contributed by atoms with van der Waals surface area (Å²) in [6.45, 7) is 0.678. The van der Waals surface area contributed by atoms with Crippen LogP contribution in [0.1, 0.15) is 31.2 Å². The summed E-state index contributed by atoms with van der Waals surface area (Å²) < 4.78 is 13.2. The molecule has 0 saturated heterocycles. The van der Waals surface area contributed by atoms with Crippen molar-refractivity contribution in [2.75, 3.05) is 11.9 Å². The van der Waals surface area contributed by atoms with Crippen molar-refractivity contribution in [3.8, 4) is 6.07 Å². The van der Waals surface area contributed by atoms with Crippen LogP contribution in [0.25, 0.3) is 0 Å². The predicted molar refractivity (Wildman–Crippen MR) is 74.2 cm³/mol. The highest BCUT2D eigenvalue weighted by molar-refractivity contribution is 5.92. The molecule has 1 aliphatic carbocycles. The molecule has 0 bridgehead atoms. The standard InChI is InChI=1S/C15H18FN3O/c16-14-6-5-13(7-12(14)9-18)19-15(20)11-3-1-10(8-17)2-4-11/h5-7,10-11H,1-4,8,17H2,(H,19,20). The smallest absolute Gasteiger partial charge is 0.227 e. The van der Waals surface area contributed by atoms with Gasteiger partial charge in [0.2, 0.25) is 5.91 Å². The highest BCUT2D eigenvalue weighted by Gasteiger charge is 2.25. The van der Waals surface area contributed by atoms with E-state index in [9.17, 15) is 9.18 Å². The average Bonchev–Trinajstić information content (AvgIpc) is 2.49. The molecule has 0 radical (unpaired) electrons. The zero-order valence-corrected chi connectivity index (χ0v) is 11.2. The fourth-order valence-corrected chi connectivity index (χ4v) is 2.59. The predicted octanol–water partition coefficient (Wildman–Crippen LogP) is 2.40. The number of rotatable bonds is 3. The van der Waals surface area contributed by atoms with Crippen LogP contribution in [-0.4, -0.2) is 12.5 Å². The molecule has 0 aromatic heterocycles. The molecule has 1 fully saturated rings. The average molecular weight is 275 g/mol. The second-order valence-corrected chi connectivity index (χ2v) is 5.25. The second-order valence-electron chi connectivity index (χ2n) is 5.25. The highest BCUT2D eigenvalue weighted by Crippen LogP contribution is 2.29. The van der Waals surface area contributed by atoms with Crippen molar-refractivity contribution in [3.63, 3.8) is 0 Å². The van der Waals surface area contributed by atoms with Crippen molar-refractivity contribution in [2.45, 2.75) is 25.7 Å². The van der Waals surface area contributed by atoms with Gasteiger partial charge in [-0.15, -0.1) is 0 Å². The number of anilines is 1. The van der Waals surface area contributed by atoms with Gasteiger partial charge in [-0.2, -0.15) is 5.26 Å². The molecular formula is C15H18FN3O. The first-order chi connectivity index (χ1) is 9.63. The van der Waals surface area contributed by atoms with Gasteiger partial charge in [-0.25, -0.2) is 4.39 Å². The Kier molecular flexibility index (Phi) is 4.70. The Morgan fingerprint density at radius 3 is 2.70 bits per heavy atom. The maximum absolute atomic E-state index is 13.2. The molecule has 2 rings (SSSR count). The summed E-state index contributed by atoms with van der Waals surface area (Å²) in [7, 11) is 0. The molecule has 1 saturated carbocycles. The van der Waals surface area contributed by atoms with Crippen LogP contribution in [-0.2, 0) is 4.79 Å². The van der Waals surface area contributed by atoms with Gasteiger partial charge in [-0.1, -0.05) is 0 Å². The Labute approximate surface area is 117 Å². The third-order valence-electron chi connectivity index (χ3n) is 3.91. The number of nitrogens with one attached hydrogen (secondary N) is 1. The van der Waals surface area contributed by atoms with E-state index in [1.54, 1.807) is 6.07 Å². The molecule has 1 aliphatic rings. The normalized spacial score (nSPS) is 22.1. The monoisotopic (exact) mass is 275 g/mol. The minimum absolute atomic E-state index is 0.0200. The van der Waals surface area contributed by atoms with E-state index >= 15 is 0 Å². The zero-order chi connectivity index (χ0) is 14.5. The zero-order valence-electron chi connectivity index (χ0n) is 11.2. The summed E-state index contributed by atoms with van der Waals surface area (Å²) in [5.41, 5.74) is 6.03. The molecule has 20 heavy (non-hydrogen) atoms. The van der Waals surface area contributed by atoms with Gasteiger partial charge in [0.05, 0.1) is 5.56 Å². The molecule has 4 nitrogen and oxygen atoms in total. The first-order valence-corrected chi connectivity index (χ1v) is 6.84. The van der Waals surface area contributed by atoms with Crippen LogP contribution in [0.3, 0.4) is 0 Å². The highest BCUT2D eigenvalue weighted by atomic mass is 19.1. The van der Waals surface area contributed by atoms with E-state index < -0.39 is 5.82 Å². The fourth-order valence-electron chi connectivity index (χ4n) is 2.59. The lowest BCUT2D eigenvalue weighted by molar-refractivity contribution is -0.121. The van der Waals surface area contributed by atoms with E-state index in [1.807, 2.05) is 0 Å². The number of amides is 1. The van der Waals surface area contributed by atoms with Crippen molar-refractivity contribution in [1.82, 2.24) is 0 Å². The first kappa shape index (κ1) is 14.5. The summed E-state index contributed by atoms with van der Waals surface area (Å²) in [4.78, 5) is 12.1. The third-order valence-corrected chi connectivity index (χ3v) is 3.91. The van der Waals surface area contributed by atoms with Gasteiger partial charge in [0.25, 0.3) is 0 Å². The van der Waals surface area contributed by atoms with Crippen molar-refractivity contribution in [2.24, 2.45) is 17.6 Å². The molecule has 0 spiro atoms. The maximum Gasteiger partial charge on any atom is 0.227 e. The maximum atomic E-state index is 13.2. The Balaban J connectivity index is 1.97. The van der Waals surface area contributed by atoms with Gasteiger partial charge in [0.15, 0.2) is 0 Å². The van der Waals surface area contributed by atoms with Crippen LogP contribution < -0.4 is 11.1 Å². The van der Waals surface area contributed by atoms with E-state index in [1.165, 1.54) is 18.2 Å². The second kappa shape index (κ2) is 6.49. The summed E-state index contributed by atoms with van der Waals surface area (Å²) in [6, 6.07) is 5.79. The first-order valence-electron chi connectivity index (χ1n) is 6.84. The van der Waals surface area contributed by atoms with E-state index in [4.69, 9.17) is 11.0 Å². The van der Waals surface area contributed by atoms with Crippen LogP contribution in [0.2, 0.25) is 0 Å². The molecule has 3 N–H and O–H groups in total. The summed E-state index contributed by atoms with van der Waals surface area (Å²) in [5.74, 6) is -0.131. The van der Waals surface area contributed by atoms with E-state index in [2.05, 4.69) is 5.32 Å². The number of hydrogen-bond acceptors (Lipinski definition) is 3. The van der Waals surface area contributed by atoms with Crippen LogP contribution in [0.4, 0.5) is 10.1 Å². The number of nitrogens with zero attached hydrogens (tertiary/aromatic N) is 1. The van der Waals surface area contributed by atoms with Gasteiger partial charge in [-0.05, 0) is 56.3 Å².